The van der Waals surface area contributed by atoms with E-state index < -0.39 is 0 Å². The largest absolute Gasteiger partial charge is 0.492 e. The summed E-state index contributed by atoms with van der Waals surface area (Å²) in [5, 5.41) is 4.67. The number of esters is 2. The minimum atomic E-state index is -0.0799. The molecule has 3 rings (SSSR count). The van der Waals surface area contributed by atoms with Gasteiger partial charge >= 0.3 is 11.9 Å². The second-order valence-electron chi connectivity index (χ2n) is 16.7. The molecule has 3 aromatic rings. The Hall–Kier alpha value is -3.28. The van der Waals surface area contributed by atoms with E-state index in [1.54, 1.807) is 0 Å². The molecule has 0 aliphatic carbocycles. The highest BCUT2D eigenvalue weighted by atomic mass is 16.5. The minimum absolute atomic E-state index is 0.0799. The van der Waals surface area contributed by atoms with Gasteiger partial charge in [0.05, 0.1) is 27.4 Å². The summed E-state index contributed by atoms with van der Waals surface area (Å²) in [4.78, 5) is 22.4. The third kappa shape index (κ3) is 20.6. The number of unbranched alkanes of at least 4 members (excludes halogenated alkanes) is 26. The van der Waals surface area contributed by atoms with Crippen molar-refractivity contribution in [3.05, 3.63) is 48.0 Å². The van der Waals surface area contributed by atoms with Gasteiger partial charge in [-0.3, -0.25) is 9.59 Å². The molecule has 6 nitrogen and oxygen atoms in total. The van der Waals surface area contributed by atoms with Gasteiger partial charge in [0, 0.05) is 34.4 Å². The number of fused-ring (bicyclic) bond motifs is 2. The molecule has 0 heterocycles. The number of rotatable bonds is 37. The van der Waals surface area contributed by atoms with Gasteiger partial charge in [-0.15, -0.1) is 0 Å². The smallest absolute Gasteiger partial charge is 0.305 e. The van der Waals surface area contributed by atoms with Crippen molar-refractivity contribution < 1.29 is 28.5 Å². The molecule has 58 heavy (non-hydrogen) atoms. The molecule has 0 aliphatic heterocycles. The summed E-state index contributed by atoms with van der Waals surface area (Å²) in [7, 11) is 2.94. The van der Waals surface area contributed by atoms with E-state index in [0.717, 1.165) is 80.4 Å². The van der Waals surface area contributed by atoms with E-state index in [-0.39, 0.29) is 11.9 Å². The quantitative estimate of drug-likeness (QED) is 0.0328. The lowest BCUT2D eigenvalue weighted by atomic mass is 9.98. The molecule has 0 bridgehead atoms. The number of aryl methyl sites for hydroxylation is 1. The molecule has 3 aromatic carbocycles. The summed E-state index contributed by atoms with van der Waals surface area (Å²) in [5.74, 6) is 1.86. The van der Waals surface area contributed by atoms with Crippen molar-refractivity contribution in [2.75, 3.05) is 27.4 Å². The van der Waals surface area contributed by atoms with Gasteiger partial charge in [-0.1, -0.05) is 197 Å². The van der Waals surface area contributed by atoms with Gasteiger partial charge in [0.1, 0.15) is 11.5 Å². The lowest BCUT2D eigenvalue weighted by Crippen LogP contribution is -2.03. The number of methoxy groups -OCH3 is 2. The van der Waals surface area contributed by atoms with Crippen molar-refractivity contribution in [1.29, 1.82) is 0 Å². The van der Waals surface area contributed by atoms with Gasteiger partial charge < -0.3 is 18.9 Å². The predicted molar refractivity (Wildman–Crippen MR) is 244 cm³/mol. The number of ether oxygens (including phenoxy) is 4. The summed E-state index contributed by atoms with van der Waals surface area (Å²) in [5.41, 5.74) is 1.33. The zero-order valence-electron chi connectivity index (χ0n) is 37.3. The van der Waals surface area contributed by atoms with Crippen LogP contribution < -0.4 is 9.47 Å². The number of carbonyl (C=O) groups is 2. The molecule has 0 N–H and O–H groups in total. The summed E-state index contributed by atoms with van der Waals surface area (Å²) in [6.07, 6.45) is 37.4. The van der Waals surface area contributed by atoms with Gasteiger partial charge in [0.2, 0.25) is 0 Å². The van der Waals surface area contributed by atoms with E-state index in [1.807, 2.05) is 0 Å². The monoisotopic (exact) mass is 803 g/mol. The maximum absolute atomic E-state index is 11.2. The van der Waals surface area contributed by atoms with Crippen LogP contribution in [0.1, 0.15) is 205 Å². The Morgan fingerprint density at radius 2 is 0.707 bits per heavy atom. The van der Waals surface area contributed by atoms with Crippen molar-refractivity contribution in [1.82, 2.24) is 0 Å². The highest BCUT2D eigenvalue weighted by molar-refractivity contribution is 6.11. The first-order valence-electron chi connectivity index (χ1n) is 24.0. The molecule has 326 valence electrons. The van der Waals surface area contributed by atoms with Gasteiger partial charge in [0.15, 0.2) is 0 Å². The molecular formula is C52H82O6. The number of carbonyl (C=O) groups excluding carboxylic acids is 2. The van der Waals surface area contributed by atoms with Crippen LogP contribution in [0.3, 0.4) is 0 Å². The molecule has 6 heteroatoms. The normalized spacial score (nSPS) is 11.4. The maximum Gasteiger partial charge on any atom is 0.305 e. The van der Waals surface area contributed by atoms with Crippen LogP contribution >= 0.6 is 0 Å². The number of benzene rings is 3. The second-order valence-corrected chi connectivity index (χ2v) is 16.7. The Morgan fingerprint density at radius 1 is 0.397 bits per heavy atom. The Kier molecular flexibility index (Phi) is 27.6. The van der Waals surface area contributed by atoms with Gasteiger partial charge in [-0.2, -0.15) is 0 Å². The SMILES string of the molecule is CCc1ccc2c(OCCCCCCCCCCCCCCCCC(=O)OC)c3ccccc3c(OCCCCCCCCCCCCCCCCC(=O)OC)c2c1. The highest BCUT2D eigenvalue weighted by Gasteiger charge is 2.17. The summed E-state index contributed by atoms with van der Waals surface area (Å²) < 4.78 is 22.7. The Balaban J connectivity index is 1.29. The predicted octanol–water partition coefficient (Wildman–Crippen LogP) is 15.4. The number of hydrogen-bond donors (Lipinski definition) is 0. The van der Waals surface area contributed by atoms with Crippen molar-refractivity contribution in [3.8, 4) is 11.5 Å². The summed E-state index contributed by atoms with van der Waals surface area (Å²) in [6, 6.07) is 15.5. The fraction of sp³-hybridized carbons (Fsp3) is 0.692. The van der Waals surface area contributed by atoms with Crippen LogP contribution in [0, 0.1) is 0 Å². The molecule has 0 aromatic heterocycles. The third-order valence-electron chi connectivity index (χ3n) is 11.9. The van der Waals surface area contributed by atoms with E-state index in [9.17, 15) is 9.59 Å². The van der Waals surface area contributed by atoms with E-state index >= 15 is 0 Å². The summed E-state index contributed by atoms with van der Waals surface area (Å²) >= 11 is 0. The van der Waals surface area contributed by atoms with Crippen LogP contribution in [0.4, 0.5) is 0 Å². The molecule has 0 unspecified atom stereocenters. The highest BCUT2D eigenvalue weighted by Crippen LogP contribution is 2.43. The molecule has 0 fully saturated rings. The van der Waals surface area contributed by atoms with E-state index in [2.05, 4.69) is 49.4 Å². The first-order valence-corrected chi connectivity index (χ1v) is 24.0. The first kappa shape index (κ1) is 49.1. The van der Waals surface area contributed by atoms with Crippen LogP contribution in [0.15, 0.2) is 42.5 Å². The topological polar surface area (TPSA) is 71.1 Å². The first-order chi connectivity index (χ1) is 28.6. The van der Waals surface area contributed by atoms with Crippen molar-refractivity contribution >= 4 is 33.5 Å². The fourth-order valence-corrected chi connectivity index (χ4v) is 8.22. The van der Waals surface area contributed by atoms with Gasteiger partial charge in [0.25, 0.3) is 0 Å². The molecule has 0 amide bonds. The zero-order chi connectivity index (χ0) is 41.3. The fourth-order valence-electron chi connectivity index (χ4n) is 8.22. The Bertz CT molecular complexity index is 1510. The van der Waals surface area contributed by atoms with Crippen molar-refractivity contribution in [2.24, 2.45) is 0 Å². The minimum Gasteiger partial charge on any atom is -0.492 e. The molecular weight excluding hydrogens is 721 g/mol. The third-order valence-corrected chi connectivity index (χ3v) is 11.9. The van der Waals surface area contributed by atoms with Crippen molar-refractivity contribution in [2.45, 2.75) is 206 Å². The van der Waals surface area contributed by atoms with Crippen LogP contribution in [0.2, 0.25) is 0 Å². The van der Waals surface area contributed by atoms with E-state index in [0.29, 0.717) is 12.8 Å². The Morgan fingerprint density at radius 3 is 1.05 bits per heavy atom. The van der Waals surface area contributed by atoms with Gasteiger partial charge in [-0.25, -0.2) is 0 Å². The molecule has 0 aliphatic rings. The molecule has 0 spiro atoms. The van der Waals surface area contributed by atoms with E-state index in [1.165, 1.54) is 172 Å². The molecule has 0 atom stereocenters. The van der Waals surface area contributed by atoms with Crippen LogP contribution in [-0.4, -0.2) is 39.4 Å². The lowest BCUT2D eigenvalue weighted by molar-refractivity contribution is -0.141. The lowest BCUT2D eigenvalue weighted by Gasteiger charge is -2.18. The van der Waals surface area contributed by atoms with Crippen LogP contribution in [0.5, 0.6) is 11.5 Å². The van der Waals surface area contributed by atoms with Crippen molar-refractivity contribution in [3.63, 3.8) is 0 Å². The Labute approximate surface area is 353 Å². The zero-order valence-corrected chi connectivity index (χ0v) is 37.3. The molecule has 0 saturated carbocycles. The van der Waals surface area contributed by atoms with Gasteiger partial charge in [-0.05, 0) is 43.7 Å². The average molecular weight is 803 g/mol. The van der Waals surface area contributed by atoms with Crippen LogP contribution in [-0.2, 0) is 25.5 Å². The maximum atomic E-state index is 11.2. The average Bonchev–Trinajstić information content (AvgIpc) is 3.25. The molecule has 0 radical (unpaired) electrons. The summed E-state index contributed by atoms with van der Waals surface area (Å²) in [6.45, 7) is 3.72. The second kappa shape index (κ2) is 32.6. The number of hydrogen-bond acceptors (Lipinski definition) is 6. The molecule has 0 saturated heterocycles. The standard InChI is InChI=1S/C52H82O6/c1-4-44-39-40-47-48(43-44)52(58-42-34-28-24-20-16-12-8-6-10-14-18-22-26-30-38-50(54)56-3)46-36-32-31-35-45(46)51(47)57-41-33-27-23-19-15-11-7-5-9-13-17-21-25-29-37-49(53)55-2/h31-32,35-36,39-40,43H,4-30,33-34,37-38,41-42H2,1-3H3. The van der Waals surface area contributed by atoms with E-state index in [4.69, 9.17) is 18.9 Å². The van der Waals surface area contributed by atoms with Crippen LogP contribution in [0.25, 0.3) is 21.5 Å².